The monoisotopic (exact) mass is 110 g/mol. The molecule has 0 unspecified atom stereocenters. The number of hydrogen-bond acceptors (Lipinski definition) is 1. The fraction of sp³-hybridized carbons (Fsp3) is 0.333. The van der Waals surface area contributed by atoms with E-state index in [4.69, 9.17) is 0 Å². The van der Waals surface area contributed by atoms with Gasteiger partial charge in [-0.1, -0.05) is 11.8 Å². The van der Waals surface area contributed by atoms with Crippen molar-refractivity contribution in [2.24, 2.45) is 0 Å². The maximum atomic E-state index is 2.74. The van der Waals surface area contributed by atoms with Crippen LogP contribution in [0.15, 0.2) is 0 Å². The SMILES string of the molecule is CC#CSC#CC. The molecule has 0 fully saturated rings. The Morgan fingerprint density at radius 3 is 1.71 bits per heavy atom. The average molecular weight is 110 g/mol. The molecular formula is C6H6S. The third-order valence-electron chi connectivity index (χ3n) is 0.306. The topological polar surface area (TPSA) is 0 Å². The van der Waals surface area contributed by atoms with Crippen molar-refractivity contribution in [1.82, 2.24) is 0 Å². The van der Waals surface area contributed by atoms with Gasteiger partial charge >= 0.3 is 0 Å². The predicted octanol–water partition coefficient (Wildman–Crippen LogP) is 1.68. The minimum Gasteiger partial charge on any atom is -0.0937 e. The summed E-state index contributed by atoms with van der Waals surface area (Å²) < 4.78 is 0. The van der Waals surface area contributed by atoms with Gasteiger partial charge in [-0.15, -0.1) is 0 Å². The fourth-order valence-corrected chi connectivity index (χ4v) is 0.383. The molecule has 1 heteroatoms. The van der Waals surface area contributed by atoms with Crippen LogP contribution < -0.4 is 0 Å². The summed E-state index contributed by atoms with van der Waals surface area (Å²) in [5.74, 6) is 5.43. The Bertz CT molecular complexity index is 119. The normalized spacial score (nSPS) is 4.86. The molecule has 0 aliphatic rings. The Kier molecular flexibility index (Phi) is 5.06. The predicted molar refractivity (Wildman–Crippen MR) is 34.5 cm³/mol. The fourth-order valence-electron chi connectivity index (χ4n) is 0.128. The molecule has 0 aliphatic heterocycles. The van der Waals surface area contributed by atoms with Crippen LogP contribution in [0.5, 0.6) is 0 Å². The Balaban J connectivity index is 3.21. The van der Waals surface area contributed by atoms with E-state index in [1.807, 2.05) is 0 Å². The molecule has 0 saturated heterocycles. The molecule has 0 bridgehead atoms. The summed E-state index contributed by atoms with van der Waals surface area (Å²) >= 11 is 1.33. The highest BCUT2D eigenvalue weighted by Gasteiger charge is 1.58. The van der Waals surface area contributed by atoms with E-state index >= 15 is 0 Å². The first-order valence-electron chi connectivity index (χ1n) is 1.91. The van der Waals surface area contributed by atoms with Gasteiger partial charge in [0.25, 0.3) is 0 Å². The van der Waals surface area contributed by atoms with Crippen LogP contribution in [0.4, 0.5) is 0 Å². The smallest absolute Gasteiger partial charge is 0.0134 e. The van der Waals surface area contributed by atoms with E-state index in [1.165, 1.54) is 11.8 Å². The lowest BCUT2D eigenvalue weighted by molar-refractivity contribution is 1.93. The van der Waals surface area contributed by atoms with Crippen molar-refractivity contribution in [3.05, 3.63) is 0 Å². The summed E-state index contributed by atoms with van der Waals surface area (Å²) in [7, 11) is 0. The van der Waals surface area contributed by atoms with Crippen molar-refractivity contribution in [2.75, 3.05) is 0 Å². The first-order chi connectivity index (χ1) is 3.41. The van der Waals surface area contributed by atoms with Crippen LogP contribution in [0.2, 0.25) is 0 Å². The van der Waals surface area contributed by atoms with Gasteiger partial charge in [0.2, 0.25) is 0 Å². The first-order valence-corrected chi connectivity index (χ1v) is 2.72. The van der Waals surface area contributed by atoms with Crippen LogP contribution in [0.25, 0.3) is 0 Å². The van der Waals surface area contributed by atoms with E-state index in [9.17, 15) is 0 Å². The zero-order valence-electron chi connectivity index (χ0n) is 4.41. The molecule has 0 amide bonds. The van der Waals surface area contributed by atoms with Gasteiger partial charge < -0.3 is 0 Å². The molecule has 0 aromatic carbocycles. The molecule has 0 aliphatic carbocycles. The largest absolute Gasteiger partial charge is 0.0937 e. The molecular weight excluding hydrogens is 104 g/mol. The van der Waals surface area contributed by atoms with Gasteiger partial charge in [0, 0.05) is 11.8 Å². The molecule has 0 saturated carbocycles. The van der Waals surface area contributed by atoms with E-state index in [2.05, 4.69) is 22.3 Å². The molecule has 0 rings (SSSR count). The van der Waals surface area contributed by atoms with E-state index in [-0.39, 0.29) is 0 Å². The van der Waals surface area contributed by atoms with Gasteiger partial charge in [-0.2, -0.15) is 0 Å². The Hall–Kier alpha value is -0.530. The van der Waals surface area contributed by atoms with Crippen LogP contribution in [-0.4, -0.2) is 0 Å². The number of hydrogen-bond donors (Lipinski definition) is 0. The van der Waals surface area contributed by atoms with Crippen LogP contribution in [-0.2, 0) is 0 Å². The summed E-state index contributed by atoms with van der Waals surface area (Å²) in [5, 5.41) is 5.48. The minimum absolute atomic E-state index is 1.33. The molecule has 7 heavy (non-hydrogen) atoms. The van der Waals surface area contributed by atoms with Gasteiger partial charge in [-0.25, -0.2) is 0 Å². The highest BCUT2D eigenvalue weighted by Crippen LogP contribution is 1.88. The summed E-state index contributed by atoms with van der Waals surface area (Å²) in [5.41, 5.74) is 0. The standard InChI is InChI=1S/C6H6S/c1-3-5-7-6-4-2/h1-2H3. The summed E-state index contributed by atoms with van der Waals surface area (Å²) in [6.07, 6.45) is 0. The second-order valence-corrected chi connectivity index (χ2v) is 1.42. The van der Waals surface area contributed by atoms with Gasteiger partial charge in [0.05, 0.1) is 0 Å². The second kappa shape index (κ2) is 5.47. The van der Waals surface area contributed by atoms with Crippen LogP contribution in [0, 0.1) is 22.3 Å². The van der Waals surface area contributed by atoms with Crippen LogP contribution in [0.1, 0.15) is 13.8 Å². The maximum Gasteiger partial charge on any atom is 0.0134 e. The first kappa shape index (κ1) is 6.47. The van der Waals surface area contributed by atoms with E-state index in [1.54, 1.807) is 13.8 Å². The van der Waals surface area contributed by atoms with Crippen LogP contribution in [0.3, 0.4) is 0 Å². The van der Waals surface area contributed by atoms with Crippen molar-refractivity contribution in [1.29, 1.82) is 0 Å². The van der Waals surface area contributed by atoms with E-state index in [0.717, 1.165) is 0 Å². The van der Waals surface area contributed by atoms with Gasteiger partial charge in [0.15, 0.2) is 0 Å². The second-order valence-electron chi connectivity index (χ2n) is 0.806. The average Bonchev–Trinajstić information content (AvgIpc) is 1.69. The van der Waals surface area contributed by atoms with Crippen molar-refractivity contribution < 1.29 is 0 Å². The number of rotatable bonds is 0. The summed E-state index contributed by atoms with van der Waals surface area (Å²) in [6, 6.07) is 0. The number of thioether (sulfide) groups is 1. The molecule has 0 heterocycles. The molecule has 0 radical (unpaired) electrons. The van der Waals surface area contributed by atoms with Crippen molar-refractivity contribution in [3.63, 3.8) is 0 Å². The maximum absolute atomic E-state index is 2.74. The zero-order chi connectivity index (χ0) is 5.54. The zero-order valence-corrected chi connectivity index (χ0v) is 5.22. The van der Waals surface area contributed by atoms with Crippen LogP contribution >= 0.6 is 11.8 Å². The van der Waals surface area contributed by atoms with Gasteiger partial charge in [0.1, 0.15) is 0 Å². The van der Waals surface area contributed by atoms with E-state index in [0.29, 0.717) is 0 Å². The lowest BCUT2D eigenvalue weighted by Crippen LogP contribution is -1.41. The minimum atomic E-state index is 1.33. The highest BCUT2D eigenvalue weighted by molar-refractivity contribution is 8.08. The summed E-state index contributed by atoms with van der Waals surface area (Å²) in [4.78, 5) is 0. The summed E-state index contributed by atoms with van der Waals surface area (Å²) in [6.45, 7) is 3.59. The lowest BCUT2D eigenvalue weighted by Gasteiger charge is -1.62. The molecule has 0 N–H and O–H groups in total. The molecule has 0 spiro atoms. The quantitative estimate of drug-likeness (QED) is 0.427. The Labute approximate surface area is 48.7 Å². The Morgan fingerprint density at radius 2 is 1.43 bits per heavy atom. The Morgan fingerprint density at radius 1 is 1.00 bits per heavy atom. The van der Waals surface area contributed by atoms with Crippen molar-refractivity contribution in [2.45, 2.75) is 13.8 Å². The molecule has 0 nitrogen and oxygen atoms in total. The molecule has 36 valence electrons. The molecule has 0 atom stereocenters. The highest BCUT2D eigenvalue weighted by atomic mass is 32.2. The van der Waals surface area contributed by atoms with Crippen molar-refractivity contribution in [3.8, 4) is 22.3 Å². The lowest BCUT2D eigenvalue weighted by atomic mass is 10.8. The van der Waals surface area contributed by atoms with Gasteiger partial charge in [-0.05, 0) is 24.4 Å². The van der Waals surface area contributed by atoms with Crippen molar-refractivity contribution >= 4 is 11.8 Å². The third kappa shape index (κ3) is 5.47. The molecule has 0 aromatic rings. The third-order valence-corrected chi connectivity index (χ3v) is 0.919. The van der Waals surface area contributed by atoms with E-state index < -0.39 is 0 Å². The van der Waals surface area contributed by atoms with Gasteiger partial charge in [-0.3, -0.25) is 0 Å². The molecule has 0 aromatic heterocycles.